The summed E-state index contributed by atoms with van der Waals surface area (Å²) in [6.45, 7) is 1.11. The van der Waals surface area contributed by atoms with Gasteiger partial charge in [0.1, 0.15) is 13.2 Å². The van der Waals surface area contributed by atoms with Gasteiger partial charge in [-0.1, -0.05) is 17.4 Å². The van der Waals surface area contributed by atoms with Crippen molar-refractivity contribution in [3.8, 4) is 11.5 Å². The Morgan fingerprint density at radius 1 is 1.25 bits per heavy atom. The Morgan fingerprint density at radius 2 is 2.08 bits per heavy atom. The predicted octanol–water partition coefficient (Wildman–Crippen LogP) is 4.09. The van der Waals surface area contributed by atoms with E-state index in [4.69, 9.17) is 9.47 Å². The molecule has 0 unspecified atom stereocenters. The van der Waals surface area contributed by atoms with Gasteiger partial charge in [0.05, 0.1) is 10.2 Å². The van der Waals surface area contributed by atoms with Gasteiger partial charge in [0.25, 0.3) is 0 Å². The minimum absolute atomic E-state index is 0.00266. The van der Waals surface area contributed by atoms with Crippen LogP contribution in [0.1, 0.15) is 17.7 Å². The van der Waals surface area contributed by atoms with Crippen LogP contribution in [0.2, 0.25) is 0 Å². The van der Waals surface area contributed by atoms with Crippen molar-refractivity contribution in [2.45, 2.75) is 19.3 Å². The average Bonchev–Trinajstić information content (AvgIpc) is 3.21. The number of ether oxygens (including phenoxy) is 2. The molecule has 0 saturated heterocycles. The van der Waals surface area contributed by atoms with Crippen molar-refractivity contribution >= 4 is 43.9 Å². The van der Waals surface area contributed by atoms with E-state index in [1.807, 2.05) is 18.2 Å². The first kappa shape index (κ1) is 15.4. The summed E-state index contributed by atoms with van der Waals surface area (Å²) in [4.78, 5) is 17.9. The van der Waals surface area contributed by atoms with E-state index >= 15 is 0 Å². The predicted molar refractivity (Wildman–Crippen MR) is 96.5 cm³/mol. The first-order chi connectivity index (χ1) is 11.8. The highest BCUT2D eigenvalue weighted by Gasteiger charge is 2.16. The van der Waals surface area contributed by atoms with Gasteiger partial charge in [-0.2, -0.15) is 0 Å². The van der Waals surface area contributed by atoms with Gasteiger partial charge in [-0.05, 0) is 24.3 Å². The van der Waals surface area contributed by atoms with Crippen molar-refractivity contribution < 1.29 is 14.3 Å². The number of carbonyl (C=O) groups is 1. The molecule has 3 heterocycles. The lowest BCUT2D eigenvalue weighted by molar-refractivity contribution is -0.116. The van der Waals surface area contributed by atoms with Crippen LogP contribution in [-0.2, 0) is 11.2 Å². The summed E-state index contributed by atoms with van der Waals surface area (Å²) in [7, 11) is 0. The molecule has 0 spiro atoms. The standard InChI is InChI=1S/C17H16N2O3S2/c20-16(5-1-3-11-4-2-8-23-11)19-17-18-12-9-13-14(10-15(12)24-17)22-7-6-21-13/h2,4,8-10H,1,3,5-7H2,(H,18,19,20). The molecule has 1 amide bonds. The van der Waals surface area contributed by atoms with Crippen LogP contribution in [-0.4, -0.2) is 24.1 Å². The summed E-state index contributed by atoms with van der Waals surface area (Å²) in [5.74, 6) is 1.46. The second-order valence-corrected chi connectivity index (χ2v) is 7.53. The number of aromatic nitrogens is 1. The molecular formula is C17H16N2O3S2. The molecule has 5 nitrogen and oxygen atoms in total. The lowest BCUT2D eigenvalue weighted by Crippen LogP contribution is -2.15. The fourth-order valence-electron chi connectivity index (χ4n) is 2.58. The van der Waals surface area contributed by atoms with Crippen molar-refractivity contribution in [3.63, 3.8) is 0 Å². The van der Waals surface area contributed by atoms with Gasteiger partial charge in [-0.25, -0.2) is 4.98 Å². The SMILES string of the molecule is O=C(CCCc1cccs1)Nc1nc2cc3c(cc2s1)OCCO3. The number of thiophene rings is 1. The number of rotatable bonds is 5. The fraction of sp³-hybridized carbons (Fsp3) is 0.294. The maximum Gasteiger partial charge on any atom is 0.226 e. The van der Waals surface area contributed by atoms with Gasteiger partial charge in [0.15, 0.2) is 16.6 Å². The number of anilines is 1. The quantitative estimate of drug-likeness (QED) is 0.744. The van der Waals surface area contributed by atoms with Crippen LogP contribution in [0.25, 0.3) is 10.2 Å². The van der Waals surface area contributed by atoms with Crippen LogP contribution in [0.3, 0.4) is 0 Å². The molecule has 0 aliphatic carbocycles. The van der Waals surface area contributed by atoms with Crippen molar-refractivity contribution in [3.05, 3.63) is 34.5 Å². The number of aryl methyl sites for hydroxylation is 1. The summed E-state index contributed by atoms with van der Waals surface area (Å²) in [5, 5.41) is 5.57. The Bertz CT molecular complexity index is 815. The second kappa shape index (κ2) is 6.78. The van der Waals surface area contributed by atoms with Crippen LogP contribution in [0.15, 0.2) is 29.6 Å². The zero-order valence-corrected chi connectivity index (χ0v) is 14.5. The molecule has 1 aliphatic heterocycles. The smallest absolute Gasteiger partial charge is 0.226 e. The van der Waals surface area contributed by atoms with E-state index in [1.54, 1.807) is 11.3 Å². The van der Waals surface area contributed by atoms with Crippen molar-refractivity contribution in [2.75, 3.05) is 18.5 Å². The summed E-state index contributed by atoms with van der Waals surface area (Å²) >= 11 is 3.18. The Labute approximate surface area is 147 Å². The van der Waals surface area contributed by atoms with Gasteiger partial charge in [-0.3, -0.25) is 4.79 Å². The van der Waals surface area contributed by atoms with Gasteiger partial charge in [0.2, 0.25) is 5.91 Å². The number of benzene rings is 1. The molecular weight excluding hydrogens is 344 g/mol. The first-order valence-corrected chi connectivity index (χ1v) is 9.50. The summed E-state index contributed by atoms with van der Waals surface area (Å²) in [5.41, 5.74) is 0.818. The van der Waals surface area contributed by atoms with E-state index in [1.165, 1.54) is 16.2 Å². The third-order valence-electron chi connectivity index (χ3n) is 3.71. The van der Waals surface area contributed by atoms with Crippen molar-refractivity contribution in [1.29, 1.82) is 0 Å². The lowest BCUT2D eigenvalue weighted by Gasteiger charge is -2.17. The minimum Gasteiger partial charge on any atom is -0.486 e. The van der Waals surface area contributed by atoms with Gasteiger partial charge in [-0.15, -0.1) is 11.3 Å². The topological polar surface area (TPSA) is 60.5 Å². The Balaban J connectivity index is 1.39. The molecule has 0 atom stereocenters. The number of nitrogens with zero attached hydrogens (tertiary/aromatic N) is 1. The molecule has 4 rings (SSSR count). The Morgan fingerprint density at radius 3 is 2.88 bits per heavy atom. The molecule has 0 saturated carbocycles. The van der Waals surface area contributed by atoms with Gasteiger partial charge in [0, 0.05) is 23.4 Å². The fourth-order valence-corrected chi connectivity index (χ4v) is 4.22. The maximum atomic E-state index is 12.1. The summed E-state index contributed by atoms with van der Waals surface area (Å²) in [6, 6.07) is 7.93. The molecule has 0 bridgehead atoms. The van der Waals surface area contributed by atoms with E-state index < -0.39 is 0 Å². The van der Waals surface area contributed by atoms with Gasteiger partial charge >= 0.3 is 0 Å². The number of amides is 1. The molecule has 3 aromatic rings. The Hall–Kier alpha value is -2.12. The third-order valence-corrected chi connectivity index (χ3v) is 5.58. The maximum absolute atomic E-state index is 12.1. The molecule has 124 valence electrons. The highest BCUT2D eigenvalue weighted by atomic mass is 32.1. The molecule has 1 aromatic carbocycles. The van der Waals surface area contributed by atoms with E-state index in [-0.39, 0.29) is 5.91 Å². The highest BCUT2D eigenvalue weighted by molar-refractivity contribution is 7.22. The largest absolute Gasteiger partial charge is 0.486 e. The Kier molecular flexibility index (Phi) is 4.36. The van der Waals surface area contributed by atoms with Crippen molar-refractivity contribution in [1.82, 2.24) is 4.98 Å². The molecule has 0 radical (unpaired) electrons. The monoisotopic (exact) mass is 360 g/mol. The number of thiazole rings is 1. The lowest BCUT2D eigenvalue weighted by atomic mass is 10.2. The number of hydrogen-bond donors (Lipinski definition) is 1. The molecule has 24 heavy (non-hydrogen) atoms. The second-order valence-electron chi connectivity index (χ2n) is 5.46. The van der Waals surface area contributed by atoms with Crippen LogP contribution < -0.4 is 14.8 Å². The normalized spacial score (nSPS) is 13.2. The van der Waals surface area contributed by atoms with Crippen molar-refractivity contribution in [2.24, 2.45) is 0 Å². The van der Waals surface area contributed by atoms with Crippen LogP contribution >= 0.6 is 22.7 Å². The zero-order valence-electron chi connectivity index (χ0n) is 12.9. The van der Waals surface area contributed by atoms with Crippen LogP contribution in [0, 0.1) is 0 Å². The third kappa shape index (κ3) is 3.37. The van der Waals surface area contributed by atoms with Crippen LogP contribution in [0.4, 0.5) is 5.13 Å². The molecule has 7 heteroatoms. The number of fused-ring (bicyclic) bond motifs is 2. The van der Waals surface area contributed by atoms with E-state index in [2.05, 4.69) is 21.7 Å². The minimum atomic E-state index is 0.00266. The molecule has 1 aliphatic rings. The highest BCUT2D eigenvalue weighted by Crippen LogP contribution is 2.37. The molecule has 1 N–H and O–H groups in total. The number of hydrogen-bond acceptors (Lipinski definition) is 6. The molecule has 2 aromatic heterocycles. The summed E-state index contributed by atoms with van der Waals surface area (Å²) < 4.78 is 12.1. The average molecular weight is 360 g/mol. The summed E-state index contributed by atoms with van der Waals surface area (Å²) in [6.07, 6.45) is 2.27. The molecule has 0 fully saturated rings. The zero-order chi connectivity index (χ0) is 16.4. The van der Waals surface area contributed by atoms with E-state index in [0.717, 1.165) is 28.8 Å². The van der Waals surface area contributed by atoms with Gasteiger partial charge < -0.3 is 14.8 Å². The first-order valence-electron chi connectivity index (χ1n) is 7.80. The van der Waals surface area contributed by atoms with E-state index in [0.29, 0.717) is 30.5 Å². The van der Waals surface area contributed by atoms with Crippen LogP contribution in [0.5, 0.6) is 11.5 Å². The number of carbonyl (C=O) groups excluding carboxylic acids is 1. The van der Waals surface area contributed by atoms with E-state index in [9.17, 15) is 4.79 Å². The number of nitrogens with one attached hydrogen (secondary N) is 1.